The maximum absolute atomic E-state index is 5.99. The van der Waals surface area contributed by atoms with Gasteiger partial charge in [-0.25, -0.2) is 4.98 Å². The van der Waals surface area contributed by atoms with E-state index in [-0.39, 0.29) is 12.4 Å². The minimum absolute atomic E-state index is 0. The molecule has 0 N–H and O–H groups in total. The smallest absolute Gasteiger partial charge is 0.122 e. The van der Waals surface area contributed by atoms with Crippen molar-refractivity contribution >= 4 is 12.4 Å². The first-order valence-corrected chi connectivity index (χ1v) is 9.25. The first-order valence-electron chi connectivity index (χ1n) is 9.25. The van der Waals surface area contributed by atoms with Gasteiger partial charge in [0.1, 0.15) is 12.4 Å². The molecule has 0 aliphatic heterocycles. The predicted octanol–water partition coefficient (Wildman–Crippen LogP) is 4.89. The molecular weight excluding hydrogens is 360 g/mol. The Morgan fingerprint density at radius 1 is 1.07 bits per heavy atom. The number of aromatic nitrogens is 4. The molecule has 3 aromatic rings. The van der Waals surface area contributed by atoms with Crippen LogP contribution in [0.15, 0.2) is 30.7 Å². The summed E-state index contributed by atoms with van der Waals surface area (Å²) < 4.78 is 10.2. The van der Waals surface area contributed by atoms with Crippen LogP contribution < -0.4 is 4.74 Å². The summed E-state index contributed by atoms with van der Waals surface area (Å²) in [7, 11) is 0. The Labute approximate surface area is 167 Å². The molecule has 0 amide bonds. The molecule has 0 atom stereocenters. The molecule has 146 valence electrons. The Bertz CT molecular complexity index is 898. The van der Waals surface area contributed by atoms with E-state index in [9.17, 15) is 0 Å². The van der Waals surface area contributed by atoms with Gasteiger partial charge >= 0.3 is 0 Å². The van der Waals surface area contributed by atoms with E-state index in [0.717, 1.165) is 36.6 Å². The van der Waals surface area contributed by atoms with Gasteiger partial charge < -0.3 is 9.30 Å². The van der Waals surface area contributed by atoms with Gasteiger partial charge in [-0.05, 0) is 45.7 Å². The first-order chi connectivity index (χ1) is 12.5. The van der Waals surface area contributed by atoms with Gasteiger partial charge in [0, 0.05) is 17.8 Å². The maximum Gasteiger partial charge on any atom is 0.122 e. The molecule has 0 aliphatic rings. The van der Waals surface area contributed by atoms with E-state index in [2.05, 4.69) is 66.1 Å². The van der Waals surface area contributed by atoms with Crippen molar-refractivity contribution < 1.29 is 4.74 Å². The fraction of sp³-hybridized carbons (Fsp3) is 0.429. The summed E-state index contributed by atoms with van der Waals surface area (Å²) in [6.07, 6.45) is 4.87. The van der Waals surface area contributed by atoms with Crippen LogP contribution in [0.4, 0.5) is 0 Å². The standard InChI is InChI=1S/C21H28N4O.ClH/c1-6-9-25-18(5)21(17(4)23-25)19-13-22-14-24(19)10-11-26-20-8-7-15(2)12-16(20)3;/h7-8,12-14H,6,9-11H2,1-5H3;1H. The molecule has 0 spiro atoms. The monoisotopic (exact) mass is 388 g/mol. The largest absolute Gasteiger partial charge is 0.491 e. The molecule has 0 unspecified atom stereocenters. The predicted molar refractivity (Wildman–Crippen MR) is 112 cm³/mol. The first kappa shape index (κ1) is 21.0. The number of nitrogens with zero attached hydrogens (tertiary/aromatic N) is 4. The fourth-order valence-corrected chi connectivity index (χ4v) is 3.42. The Morgan fingerprint density at radius 3 is 2.56 bits per heavy atom. The van der Waals surface area contributed by atoms with Crippen LogP contribution in [0.25, 0.3) is 11.3 Å². The van der Waals surface area contributed by atoms with Gasteiger partial charge in [-0.2, -0.15) is 5.10 Å². The van der Waals surface area contributed by atoms with Crippen LogP contribution in [0.3, 0.4) is 0 Å². The van der Waals surface area contributed by atoms with E-state index in [1.54, 1.807) is 0 Å². The van der Waals surface area contributed by atoms with Crippen molar-refractivity contribution in [1.29, 1.82) is 0 Å². The van der Waals surface area contributed by atoms with Crippen molar-refractivity contribution in [2.45, 2.75) is 54.1 Å². The number of hydrogen-bond donors (Lipinski definition) is 0. The van der Waals surface area contributed by atoms with Crippen LogP contribution >= 0.6 is 12.4 Å². The summed E-state index contributed by atoms with van der Waals surface area (Å²) in [5.41, 5.74) is 6.95. The third kappa shape index (κ3) is 4.53. The van der Waals surface area contributed by atoms with E-state index < -0.39 is 0 Å². The van der Waals surface area contributed by atoms with E-state index in [4.69, 9.17) is 4.74 Å². The number of ether oxygens (including phenoxy) is 1. The number of rotatable bonds is 7. The highest BCUT2D eigenvalue weighted by atomic mass is 35.5. The SMILES string of the molecule is CCCn1nc(C)c(-c2cncn2CCOc2ccc(C)cc2C)c1C.Cl. The van der Waals surface area contributed by atoms with Crippen molar-refractivity contribution in [3.63, 3.8) is 0 Å². The summed E-state index contributed by atoms with van der Waals surface area (Å²) in [6.45, 7) is 12.8. The summed E-state index contributed by atoms with van der Waals surface area (Å²) in [4.78, 5) is 4.36. The van der Waals surface area contributed by atoms with E-state index >= 15 is 0 Å². The summed E-state index contributed by atoms with van der Waals surface area (Å²) >= 11 is 0. The molecule has 0 bridgehead atoms. The lowest BCUT2D eigenvalue weighted by Gasteiger charge is -2.12. The molecule has 27 heavy (non-hydrogen) atoms. The number of hydrogen-bond acceptors (Lipinski definition) is 3. The van der Waals surface area contributed by atoms with Crippen LogP contribution in [0, 0.1) is 27.7 Å². The van der Waals surface area contributed by atoms with E-state index in [0.29, 0.717) is 6.61 Å². The third-order valence-electron chi connectivity index (χ3n) is 4.71. The Kier molecular flexibility index (Phi) is 7.08. The third-order valence-corrected chi connectivity index (χ3v) is 4.71. The highest BCUT2D eigenvalue weighted by molar-refractivity contribution is 5.85. The summed E-state index contributed by atoms with van der Waals surface area (Å²) in [5.74, 6) is 0.945. The second kappa shape index (κ2) is 9.09. The second-order valence-electron chi connectivity index (χ2n) is 6.86. The maximum atomic E-state index is 5.99. The van der Waals surface area contributed by atoms with Gasteiger partial charge in [-0.15, -0.1) is 12.4 Å². The van der Waals surface area contributed by atoms with Crippen molar-refractivity contribution in [3.8, 4) is 17.0 Å². The lowest BCUT2D eigenvalue weighted by Crippen LogP contribution is -2.09. The molecule has 5 nitrogen and oxygen atoms in total. The van der Waals surface area contributed by atoms with Crippen LogP contribution in [-0.4, -0.2) is 25.9 Å². The van der Waals surface area contributed by atoms with Crippen molar-refractivity contribution in [2.75, 3.05) is 6.61 Å². The second-order valence-corrected chi connectivity index (χ2v) is 6.86. The summed E-state index contributed by atoms with van der Waals surface area (Å²) in [6, 6.07) is 6.27. The number of aryl methyl sites for hydroxylation is 4. The molecule has 0 aliphatic carbocycles. The van der Waals surface area contributed by atoms with Crippen molar-refractivity contribution in [1.82, 2.24) is 19.3 Å². The molecular formula is C21H29ClN4O. The minimum Gasteiger partial charge on any atom is -0.491 e. The zero-order chi connectivity index (χ0) is 18.7. The topological polar surface area (TPSA) is 44.9 Å². The van der Waals surface area contributed by atoms with E-state index in [1.165, 1.54) is 22.4 Å². The molecule has 2 heterocycles. The quantitative estimate of drug-likeness (QED) is 0.578. The molecule has 1 aromatic carbocycles. The highest BCUT2D eigenvalue weighted by Crippen LogP contribution is 2.27. The lowest BCUT2D eigenvalue weighted by atomic mass is 10.1. The number of benzene rings is 1. The average Bonchev–Trinajstić information content (AvgIpc) is 3.14. The number of halogens is 1. The normalized spacial score (nSPS) is 10.7. The van der Waals surface area contributed by atoms with Crippen molar-refractivity contribution in [2.24, 2.45) is 0 Å². The molecule has 6 heteroatoms. The van der Waals surface area contributed by atoms with Gasteiger partial charge in [0.05, 0.1) is 30.5 Å². The van der Waals surface area contributed by atoms with Gasteiger partial charge in [-0.1, -0.05) is 24.6 Å². The molecule has 2 aromatic heterocycles. The van der Waals surface area contributed by atoms with Crippen LogP contribution in [0.5, 0.6) is 5.75 Å². The Morgan fingerprint density at radius 2 is 1.85 bits per heavy atom. The van der Waals surface area contributed by atoms with Crippen LogP contribution in [0.2, 0.25) is 0 Å². The van der Waals surface area contributed by atoms with Crippen molar-refractivity contribution in [3.05, 3.63) is 53.2 Å². The number of imidazole rings is 1. The fourth-order valence-electron chi connectivity index (χ4n) is 3.42. The van der Waals surface area contributed by atoms with Crippen LogP contribution in [-0.2, 0) is 13.1 Å². The van der Waals surface area contributed by atoms with E-state index in [1.807, 2.05) is 18.6 Å². The molecule has 3 rings (SSSR count). The molecule has 0 saturated carbocycles. The highest BCUT2D eigenvalue weighted by Gasteiger charge is 2.16. The average molecular weight is 389 g/mol. The zero-order valence-electron chi connectivity index (χ0n) is 16.8. The van der Waals surface area contributed by atoms with Gasteiger partial charge in [0.15, 0.2) is 0 Å². The zero-order valence-corrected chi connectivity index (χ0v) is 17.6. The molecule has 0 saturated heterocycles. The molecule has 0 radical (unpaired) electrons. The summed E-state index contributed by atoms with van der Waals surface area (Å²) in [5, 5.41) is 4.69. The minimum atomic E-state index is 0. The lowest BCUT2D eigenvalue weighted by molar-refractivity contribution is 0.297. The van der Waals surface area contributed by atoms with Gasteiger partial charge in [-0.3, -0.25) is 4.68 Å². The molecule has 0 fully saturated rings. The Hall–Kier alpha value is -2.27. The Balaban J connectivity index is 0.00000261. The van der Waals surface area contributed by atoms with Gasteiger partial charge in [0.25, 0.3) is 0 Å². The van der Waals surface area contributed by atoms with Crippen LogP contribution in [0.1, 0.15) is 35.9 Å². The van der Waals surface area contributed by atoms with Gasteiger partial charge in [0.2, 0.25) is 0 Å².